The molecule has 1 aliphatic carbocycles. The fraction of sp³-hybridized carbons (Fsp3) is 0.318. The van der Waals surface area contributed by atoms with E-state index in [2.05, 4.69) is 16.2 Å². The number of hydrazine groups is 1. The first kappa shape index (κ1) is 20.9. The molecular formula is C22H24ClN3O3. The molecular weight excluding hydrogens is 390 g/mol. The number of nitrogens with one attached hydrogen (secondary N) is 3. The molecule has 29 heavy (non-hydrogen) atoms. The van der Waals surface area contributed by atoms with Crippen LogP contribution in [0.4, 0.5) is 5.69 Å². The first-order valence-electron chi connectivity index (χ1n) is 9.76. The van der Waals surface area contributed by atoms with E-state index in [-0.39, 0.29) is 24.2 Å². The molecule has 3 rings (SSSR count). The largest absolute Gasteiger partial charge is 0.326 e. The predicted molar refractivity (Wildman–Crippen MR) is 112 cm³/mol. The quantitative estimate of drug-likeness (QED) is 0.650. The molecule has 0 aromatic heterocycles. The second-order valence-electron chi connectivity index (χ2n) is 7.21. The van der Waals surface area contributed by atoms with Crippen molar-refractivity contribution in [3.8, 4) is 0 Å². The zero-order valence-corrected chi connectivity index (χ0v) is 16.8. The second-order valence-corrected chi connectivity index (χ2v) is 7.64. The number of halogens is 1. The van der Waals surface area contributed by atoms with Gasteiger partial charge < -0.3 is 5.32 Å². The second kappa shape index (κ2) is 10.1. The molecule has 1 aliphatic rings. The normalized spacial score (nSPS) is 14.1. The molecule has 6 nitrogen and oxygen atoms in total. The maximum absolute atomic E-state index is 12.3. The van der Waals surface area contributed by atoms with Crippen LogP contribution in [0.2, 0.25) is 5.02 Å². The third kappa shape index (κ3) is 6.32. The Hall–Kier alpha value is -2.86. The van der Waals surface area contributed by atoms with Crippen molar-refractivity contribution in [3.05, 3.63) is 64.7 Å². The number of benzene rings is 2. The maximum atomic E-state index is 12.3. The topological polar surface area (TPSA) is 87.3 Å². The number of hydrogen-bond acceptors (Lipinski definition) is 3. The van der Waals surface area contributed by atoms with Crippen LogP contribution in [0.5, 0.6) is 0 Å². The van der Waals surface area contributed by atoms with Crippen molar-refractivity contribution < 1.29 is 14.4 Å². The molecule has 0 bridgehead atoms. The van der Waals surface area contributed by atoms with Crippen molar-refractivity contribution >= 4 is 35.0 Å². The van der Waals surface area contributed by atoms with E-state index in [4.69, 9.17) is 11.6 Å². The summed E-state index contributed by atoms with van der Waals surface area (Å²) in [6.45, 7) is 0. The molecule has 2 aromatic carbocycles. The van der Waals surface area contributed by atoms with E-state index in [1.54, 1.807) is 48.5 Å². The van der Waals surface area contributed by atoms with Crippen LogP contribution < -0.4 is 16.2 Å². The first-order chi connectivity index (χ1) is 14.0. The number of carbonyl (C=O) groups excluding carboxylic acids is 3. The summed E-state index contributed by atoms with van der Waals surface area (Å²) >= 11 is 5.82. The molecule has 3 amide bonds. The third-order valence-electron chi connectivity index (χ3n) is 4.98. The van der Waals surface area contributed by atoms with Gasteiger partial charge in [-0.1, -0.05) is 43.0 Å². The lowest BCUT2D eigenvalue weighted by atomic mass is 9.88. The third-order valence-corrected chi connectivity index (χ3v) is 5.24. The molecule has 1 saturated carbocycles. The van der Waals surface area contributed by atoms with Crippen molar-refractivity contribution in [2.75, 3.05) is 5.32 Å². The van der Waals surface area contributed by atoms with Gasteiger partial charge in [0.05, 0.1) is 6.42 Å². The van der Waals surface area contributed by atoms with Crippen molar-refractivity contribution in [3.63, 3.8) is 0 Å². The van der Waals surface area contributed by atoms with Crippen LogP contribution in [0.1, 0.15) is 48.0 Å². The van der Waals surface area contributed by atoms with Crippen molar-refractivity contribution in [2.45, 2.75) is 38.5 Å². The van der Waals surface area contributed by atoms with Gasteiger partial charge in [0.2, 0.25) is 11.8 Å². The lowest BCUT2D eigenvalue weighted by molar-refractivity contribution is -0.121. The molecule has 0 aliphatic heterocycles. The van der Waals surface area contributed by atoms with Crippen LogP contribution in [0.3, 0.4) is 0 Å². The van der Waals surface area contributed by atoms with E-state index in [9.17, 15) is 14.4 Å². The Morgan fingerprint density at radius 2 is 1.52 bits per heavy atom. The minimum absolute atomic E-state index is 0.0383. The van der Waals surface area contributed by atoms with Crippen LogP contribution in [0, 0.1) is 5.92 Å². The Morgan fingerprint density at radius 1 is 0.862 bits per heavy atom. The average molecular weight is 414 g/mol. The minimum Gasteiger partial charge on any atom is -0.326 e. The van der Waals surface area contributed by atoms with Gasteiger partial charge in [0.25, 0.3) is 5.91 Å². The summed E-state index contributed by atoms with van der Waals surface area (Å²) < 4.78 is 0. The van der Waals surface area contributed by atoms with Gasteiger partial charge in [-0.2, -0.15) is 0 Å². The summed E-state index contributed by atoms with van der Waals surface area (Å²) in [4.78, 5) is 36.4. The van der Waals surface area contributed by atoms with E-state index >= 15 is 0 Å². The van der Waals surface area contributed by atoms with E-state index in [1.165, 1.54) is 6.42 Å². The van der Waals surface area contributed by atoms with Crippen LogP contribution in [0.15, 0.2) is 48.5 Å². The van der Waals surface area contributed by atoms with Crippen LogP contribution in [-0.2, 0) is 16.0 Å². The van der Waals surface area contributed by atoms with Gasteiger partial charge >= 0.3 is 0 Å². The van der Waals surface area contributed by atoms with Crippen LogP contribution >= 0.6 is 11.6 Å². The summed E-state index contributed by atoms with van der Waals surface area (Å²) in [6.07, 6.45) is 5.39. The lowest BCUT2D eigenvalue weighted by Crippen LogP contribution is -2.42. The van der Waals surface area contributed by atoms with Gasteiger partial charge in [0.1, 0.15) is 0 Å². The number of anilines is 1. The Kier molecular flexibility index (Phi) is 7.25. The minimum atomic E-state index is -0.431. The average Bonchev–Trinajstić information content (AvgIpc) is 2.75. The number of amides is 3. The summed E-state index contributed by atoms with van der Waals surface area (Å²) in [7, 11) is 0. The molecule has 0 atom stereocenters. The van der Waals surface area contributed by atoms with E-state index < -0.39 is 5.91 Å². The molecule has 3 N–H and O–H groups in total. The standard InChI is InChI=1S/C22H24ClN3O3/c23-18-10-6-15(7-11-18)14-20(27)25-26-22(29)17-8-12-19(13-9-17)24-21(28)16-4-2-1-3-5-16/h6-13,16H,1-5,14H2,(H,24,28)(H,25,27)(H,26,29). The van der Waals surface area contributed by atoms with Crippen LogP contribution in [0.25, 0.3) is 0 Å². The Labute approximate surface area is 175 Å². The van der Waals surface area contributed by atoms with E-state index in [0.717, 1.165) is 31.2 Å². The molecule has 2 aromatic rings. The van der Waals surface area contributed by atoms with E-state index in [1.807, 2.05) is 0 Å². The fourth-order valence-corrected chi connectivity index (χ4v) is 3.47. The molecule has 152 valence electrons. The SMILES string of the molecule is O=C(Cc1ccc(Cl)cc1)NNC(=O)c1ccc(NC(=O)C2CCCCC2)cc1. The highest BCUT2D eigenvalue weighted by molar-refractivity contribution is 6.30. The fourth-order valence-electron chi connectivity index (χ4n) is 3.34. The lowest BCUT2D eigenvalue weighted by Gasteiger charge is -2.20. The molecule has 0 unspecified atom stereocenters. The molecule has 7 heteroatoms. The Balaban J connectivity index is 1.46. The van der Waals surface area contributed by atoms with Crippen molar-refractivity contribution in [2.24, 2.45) is 5.92 Å². The Bertz CT molecular complexity index is 860. The highest BCUT2D eigenvalue weighted by atomic mass is 35.5. The predicted octanol–water partition coefficient (Wildman–Crippen LogP) is 3.86. The Morgan fingerprint density at radius 3 is 2.17 bits per heavy atom. The molecule has 0 spiro atoms. The zero-order valence-electron chi connectivity index (χ0n) is 16.0. The smallest absolute Gasteiger partial charge is 0.269 e. The summed E-state index contributed by atoms with van der Waals surface area (Å²) in [5.74, 6) is -0.657. The monoisotopic (exact) mass is 413 g/mol. The van der Waals surface area contributed by atoms with Gasteiger partial charge in [0.15, 0.2) is 0 Å². The van der Waals surface area contributed by atoms with Crippen molar-refractivity contribution in [1.82, 2.24) is 10.9 Å². The summed E-state index contributed by atoms with van der Waals surface area (Å²) in [6, 6.07) is 13.5. The van der Waals surface area contributed by atoms with Gasteiger partial charge in [-0.3, -0.25) is 25.2 Å². The molecule has 0 radical (unpaired) electrons. The van der Waals surface area contributed by atoms with E-state index in [0.29, 0.717) is 16.3 Å². The summed E-state index contributed by atoms with van der Waals surface area (Å²) in [5, 5.41) is 3.51. The number of carbonyl (C=O) groups is 3. The highest BCUT2D eigenvalue weighted by Crippen LogP contribution is 2.25. The van der Waals surface area contributed by atoms with Crippen LogP contribution in [-0.4, -0.2) is 17.7 Å². The zero-order chi connectivity index (χ0) is 20.6. The number of rotatable bonds is 5. The number of hydrogen-bond donors (Lipinski definition) is 3. The maximum Gasteiger partial charge on any atom is 0.269 e. The molecule has 0 saturated heterocycles. The van der Waals surface area contributed by atoms with Gasteiger partial charge in [-0.15, -0.1) is 0 Å². The molecule has 1 fully saturated rings. The van der Waals surface area contributed by atoms with Gasteiger partial charge in [0, 0.05) is 22.2 Å². The highest BCUT2D eigenvalue weighted by Gasteiger charge is 2.21. The summed E-state index contributed by atoms with van der Waals surface area (Å²) in [5.41, 5.74) is 6.61. The first-order valence-corrected chi connectivity index (χ1v) is 10.1. The van der Waals surface area contributed by atoms with Crippen molar-refractivity contribution in [1.29, 1.82) is 0 Å². The van der Waals surface area contributed by atoms with Gasteiger partial charge in [-0.05, 0) is 54.8 Å². The van der Waals surface area contributed by atoms with Gasteiger partial charge in [-0.25, -0.2) is 0 Å². The molecule has 0 heterocycles.